The number of carboxylic acid groups (broad SMARTS) is 1. The van der Waals surface area contributed by atoms with Crippen molar-refractivity contribution in [1.82, 2.24) is 4.90 Å². The Balaban J connectivity index is 1.92. The summed E-state index contributed by atoms with van der Waals surface area (Å²) in [6.45, 7) is 0.389. The van der Waals surface area contributed by atoms with Crippen LogP contribution in [0.4, 0.5) is 10.5 Å². The molecule has 0 saturated carbocycles. The Morgan fingerprint density at radius 2 is 1.82 bits per heavy atom. The van der Waals surface area contributed by atoms with Gasteiger partial charge in [-0.1, -0.05) is 11.6 Å². The fourth-order valence-corrected chi connectivity index (χ4v) is 3.51. The van der Waals surface area contributed by atoms with Gasteiger partial charge in [-0.25, -0.2) is 4.79 Å². The monoisotopic (exact) mass is 404 g/mol. The van der Waals surface area contributed by atoms with E-state index in [1.165, 1.54) is 12.0 Å². The first-order chi connectivity index (χ1) is 13.4. The Hall–Kier alpha value is -2.93. The van der Waals surface area contributed by atoms with Gasteiger partial charge in [0.15, 0.2) is 11.5 Å². The first-order valence-corrected chi connectivity index (χ1v) is 9.10. The van der Waals surface area contributed by atoms with Gasteiger partial charge in [-0.05, 0) is 53.9 Å². The molecule has 1 atom stereocenters. The molecule has 0 aromatic heterocycles. The molecule has 1 heterocycles. The summed E-state index contributed by atoms with van der Waals surface area (Å²) in [6.07, 6.45) is 0.371. The normalized spacial score (nSPS) is 15.5. The molecular formula is C20H21ClN2O5. The van der Waals surface area contributed by atoms with E-state index in [9.17, 15) is 14.7 Å². The lowest BCUT2D eigenvalue weighted by Gasteiger charge is -2.37. The average molecular weight is 405 g/mol. The summed E-state index contributed by atoms with van der Waals surface area (Å²) >= 11 is 5.88. The number of rotatable bonds is 5. The molecular weight excluding hydrogens is 384 g/mol. The second kappa shape index (κ2) is 8.39. The molecule has 1 aliphatic rings. The fraction of sp³-hybridized carbons (Fsp3) is 0.300. The highest BCUT2D eigenvalue weighted by Gasteiger charge is 2.33. The van der Waals surface area contributed by atoms with Gasteiger partial charge < -0.3 is 24.8 Å². The minimum absolute atomic E-state index is 0.212. The Morgan fingerprint density at radius 1 is 1.18 bits per heavy atom. The van der Waals surface area contributed by atoms with Gasteiger partial charge >= 0.3 is 12.0 Å². The van der Waals surface area contributed by atoms with Gasteiger partial charge in [0.25, 0.3) is 0 Å². The third kappa shape index (κ3) is 4.14. The summed E-state index contributed by atoms with van der Waals surface area (Å²) in [7, 11) is 3.07. The number of nitrogens with zero attached hydrogens (tertiary/aromatic N) is 1. The molecule has 0 radical (unpaired) electrons. The van der Waals surface area contributed by atoms with Gasteiger partial charge in [0, 0.05) is 17.3 Å². The van der Waals surface area contributed by atoms with Crippen LogP contribution in [0, 0.1) is 0 Å². The molecule has 0 spiro atoms. The lowest BCUT2D eigenvalue weighted by atomic mass is 9.90. The van der Waals surface area contributed by atoms with Crippen molar-refractivity contribution in [2.45, 2.75) is 18.9 Å². The highest BCUT2D eigenvalue weighted by molar-refractivity contribution is 6.30. The Labute approximate surface area is 167 Å². The maximum absolute atomic E-state index is 12.9. The van der Waals surface area contributed by atoms with Crippen LogP contribution in [0.3, 0.4) is 0 Å². The number of aliphatic carboxylic acids is 1. The smallest absolute Gasteiger partial charge is 0.322 e. The minimum Gasteiger partial charge on any atom is -0.493 e. The quantitative estimate of drug-likeness (QED) is 0.787. The molecule has 0 aliphatic carbocycles. The maximum Gasteiger partial charge on any atom is 0.322 e. The lowest BCUT2D eigenvalue weighted by Crippen LogP contribution is -2.43. The van der Waals surface area contributed by atoms with Gasteiger partial charge in [0.2, 0.25) is 0 Å². The molecule has 1 unspecified atom stereocenters. The first-order valence-electron chi connectivity index (χ1n) is 8.72. The predicted molar refractivity (Wildman–Crippen MR) is 105 cm³/mol. The van der Waals surface area contributed by atoms with Crippen LogP contribution < -0.4 is 14.8 Å². The minimum atomic E-state index is -0.989. The molecule has 2 amide bonds. The Kier molecular flexibility index (Phi) is 5.94. The van der Waals surface area contributed by atoms with E-state index in [0.717, 1.165) is 11.1 Å². The highest BCUT2D eigenvalue weighted by Crippen LogP contribution is 2.39. The van der Waals surface area contributed by atoms with E-state index in [4.69, 9.17) is 21.1 Å². The summed E-state index contributed by atoms with van der Waals surface area (Å²) in [5, 5.41) is 12.8. The molecule has 2 aromatic rings. The van der Waals surface area contributed by atoms with Gasteiger partial charge in [-0.3, -0.25) is 4.79 Å². The van der Waals surface area contributed by atoms with Crippen LogP contribution in [-0.4, -0.2) is 42.8 Å². The fourth-order valence-electron chi connectivity index (χ4n) is 3.39. The van der Waals surface area contributed by atoms with E-state index < -0.39 is 12.0 Å². The van der Waals surface area contributed by atoms with Crippen LogP contribution in [0.15, 0.2) is 36.4 Å². The zero-order valence-corrected chi connectivity index (χ0v) is 16.3. The van der Waals surface area contributed by atoms with Crippen LogP contribution in [0.1, 0.15) is 23.6 Å². The van der Waals surface area contributed by atoms with Gasteiger partial charge in [-0.15, -0.1) is 0 Å². The van der Waals surface area contributed by atoms with Crippen LogP contribution in [-0.2, 0) is 11.2 Å². The number of carbonyl (C=O) groups is 2. The topological polar surface area (TPSA) is 88.1 Å². The molecule has 2 N–H and O–H groups in total. The largest absolute Gasteiger partial charge is 0.493 e. The van der Waals surface area contributed by atoms with Crippen molar-refractivity contribution >= 4 is 29.3 Å². The standard InChI is InChI=1S/C20H21ClN2O5/c1-27-17-9-12-7-8-23(20(26)22-14-5-3-13(21)4-6-14)16(11-19(24)25)15(12)10-18(17)28-2/h3-6,9-10,16H,7-8,11H2,1-2H3,(H,22,26)(H,24,25). The molecule has 8 heteroatoms. The van der Waals surface area contributed by atoms with Crippen molar-refractivity contribution in [2.75, 3.05) is 26.1 Å². The van der Waals surface area contributed by atoms with Gasteiger partial charge in [-0.2, -0.15) is 0 Å². The third-order valence-corrected chi connectivity index (χ3v) is 4.98. The number of benzene rings is 2. The molecule has 0 saturated heterocycles. The summed E-state index contributed by atoms with van der Waals surface area (Å²) in [4.78, 5) is 25.9. The zero-order chi connectivity index (χ0) is 20.3. The number of methoxy groups -OCH3 is 2. The van der Waals surface area contributed by atoms with Crippen molar-refractivity contribution in [1.29, 1.82) is 0 Å². The van der Waals surface area contributed by atoms with Crippen LogP contribution in [0.2, 0.25) is 5.02 Å². The van der Waals surface area contributed by atoms with E-state index in [1.54, 1.807) is 37.4 Å². The average Bonchev–Trinajstić information content (AvgIpc) is 2.68. The summed E-state index contributed by atoms with van der Waals surface area (Å²) in [6, 6.07) is 9.35. The van der Waals surface area contributed by atoms with Crippen molar-refractivity contribution in [3.63, 3.8) is 0 Å². The SMILES string of the molecule is COc1cc2c(cc1OC)C(CC(=O)O)N(C(=O)Nc1ccc(Cl)cc1)CC2. The van der Waals surface area contributed by atoms with Gasteiger partial charge in [0.05, 0.1) is 26.7 Å². The third-order valence-electron chi connectivity index (χ3n) is 4.73. The summed E-state index contributed by atoms with van der Waals surface area (Å²) in [5.41, 5.74) is 2.28. The molecule has 28 heavy (non-hydrogen) atoms. The number of carbonyl (C=O) groups excluding carboxylic acids is 1. The van der Waals surface area contributed by atoms with Crippen molar-refractivity contribution in [2.24, 2.45) is 0 Å². The number of fused-ring (bicyclic) bond motifs is 1. The van der Waals surface area contributed by atoms with Crippen molar-refractivity contribution in [3.05, 3.63) is 52.5 Å². The number of nitrogens with one attached hydrogen (secondary N) is 1. The maximum atomic E-state index is 12.9. The zero-order valence-electron chi connectivity index (χ0n) is 15.6. The van der Waals surface area contributed by atoms with E-state index in [2.05, 4.69) is 5.32 Å². The van der Waals surface area contributed by atoms with E-state index in [1.807, 2.05) is 6.07 Å². The summed E-state index contributed by atoms with van der Waals surface area (Å²) < 4.78 is 10.7. The number of hydrogen-bond acceptors (Lipinski definition) is 4. The highest BCUT2D eigenvalue weighted by atomic mass is 35.5. The van der Waals surface area contributed by atoms with E-state index in [0.29, 0.717) is 35.2 Å². The molecule has 1 aliphatic heterocycles. The molecule has 148 valence electrons. The number of ether oxygens (including phenoxy) is 2. The number of anilines is 1. The second-order valence-corrected chi connectivity index (χ2v) is 6.84. The molecule has 2 aromatic carbocycles. The molecule has 0 fully saturated rings. The number of urea groups is 1. The van der Waals surface area contributed by atoms with Crippen LogP contribution in [0.25, 0.3) is 0 Å². The van der Waals surface area contributed by atoms with Crippen molar-refractivity contribution < 1.29 is 24.2 Å². The van der Waals surface area contributed by atoms with Crippen LogP contribution >= 0.6 is 11.6 Å². The lowest BCUT2D eigenvalue weighted by molar-refractivity contribution is -0.138. The Morgan fingerprint density at radius 3 is 2.43 bits per heavy atom. The summed E-state index contributed by atoms with van der Waals surface area (Å²) in [5.74, 6) is 0.0860. The number of amides is 2. The van der Waals surface area contributed by atoms with Gasteiger partial charge in [0.1, 0.15) is 0 Å². The predicted octanol–water partition coefficient (Wildman–Crippen LogP) is 3.96. The van der Waals surface area contributed by atoms with Crippen LogP contribution in [0.5, 0.6) is 11.5 Å². The molecule has 7 nitrogen and oxygen atoms in total. The Bertz CT molecular complexity index is 885. The number of carboxylic acids is 1. The second-order valence-electron chi connectivity index (χ2n) is 6.40. The molecule has 3 rings (SSSR count). The first kappa shape index (κ1) is 19.8. The van der Waals surface area contributed by atoms with Crippen molar-refractivity contribution in [3.8, 4) is 11.5 Å². The number of halogens is 1. The van der Waals surface area contributed by atoms with E-state index in [-0.39, 0.29) is 12.5 Å². The molecule has 0 bridgehead atoms. The van der Waals surface area contributed by atoms with E-state index >= 15 is 0 Å². The number of hydrogen-bond donors (Lipinski definition) is 2.